The predicted octanol–water partition coefficient (Wildman–Crippen LogP) is 4.91. The van der Waals surface area contributed by atoms with Gasteiger partial charge < -0.3 is 10.2 Å². The number of hydrogen-bond donors (Lipinski definition) is 1. The number of carbonyl (C=O) groups is 2. The Bertz CT molecular complexity index is 814. The van der Waals surface area contributed by atoms with Crippen molar-refractivity contribution in [3.63, 3.8) is 0 Å². The minimum atomic E-state index is -0.140. The topological polar surface area (TPSA) is 49.4 Å². The highest BCUT2D eigenvalue weighted by molar-refractivity contribution is 7.17. The van der Waals surface area contributed by atoms with E-state index in [4.69, 9.17) is 0 Å². The Kier molecular flexibility index (Phi) is 5.26. The zero-order valence-corrected chi connectivity index (χ0v) is 17.6. The summed E-state index contributed by atoms with van der Waals surface area (Å²) in [5, 5.41) is 5.58. The molecule has 3 rings (SSSR count). The molecule has 1 aliphatic rings. The third kappa shape index (κ3) is 3.71. The van der Waals surface area contributed by atoms with Crippen LogP contribution in [-0.4, -0.2) is 30.8 Å². The SMILES string of the molecule is CN(C)C(=O)c1c(NC(=O)c2cccs2)sc2c1CC[C@@H](C(C)(C)C)C2. The molecule has 0 fully saturated rings. The van der Waals surface area contributed by atoms with Crippen molar-refractivity contribution in [2.45, 2.75) is 40.0 Å². The van der Waals surface area contributed by atoms with Crippen molar-refractivity contribution < 1.29 is 9.59 Å². The number of fused-ring (bicyclic) bond motifs is 1. The van der Waals surface area contributed by atoms with Crippen molar-refractivity contribution in [1.29, 1.82) is 0 Å². The Hall–Kier alpha value is -1.66. The van der Waals surface area contributed by atoms with Crippen molar-refractivity contribution in [3.05, 3.63) is 38.4 Å². The van der Waals surface area contributed by atoms with Crippen LogP contribution in [0.25, 0.3) is 0 Å². The van der Waals surface area contributed by atoms with Gasteiger partial charge in [0.1, 0.15) is 5.00 Å². The molecule has 2 amide bonds. The number of anilines is 1. The zero-order chi connectivity index (χ0) is 19.1. The van der Waals surface area contributed by atoms with E-state index in [2.05, 4.69) is 26.1 Å². The Labute approximate surface area is 163 Å². The molecular formula is C20H26N2O2S2. The fourth-order valence-corrected chi connectivity index (χ4v) is 5.37. The van der Waals surface area contributed by atoms with Crippen LogP contribution in [0.15, 0.2) is 17.5 Å². The van der Waals surface area contributed by atoms with Gasteiger partial charge in [-0.3, -0.25) is 9.59 Å². The van der Waals surface area contributed by atoms with Gasteiger partial charge in [0, 0.05) is 19.0 Å². The number of hydrogen-bond acceptors (Lipinski definition) is 4. The van der Waals surface area contributed by atoms with Crippen LogP contribution < -0.4 is 5.32 Å². The normalized spacial score (nSPS) is 16.9. The van der Waals surface area contributed by atoms with Gasteiger partial charge in [-0.05, 0) is 47.6 Å². The maximum absolute atomic E-state index is 12.8. The molecule has 1 N–H and O–H groups in total. The Balaban J connectivity index is 1.97. The van der Waals surface area contributed by atoms with Gasteiger partial charge in [0.2, 0.25) is 0 Å². The van der Waals surface area contributed by atoms with E-state index in [-0.39, 0.29) is 17.2 Å². The summed E-state index contributed by atoms with van der Waals surface area (Å²) in [5.74, 6) is 0.425. The van der Waals surface area contributed by atoms with Crippen LogP contribution in [0, 0.1) is 11.3 Å². The molecule has 2 aromatic rings. The molecule has 0 bridgehead atoms. The van der Waals surface area contributed by atoms with E-state index in [1.54, 1.807) is 36.4 Å². The smallest absolute Gasteiger partial charge is 0.266 e. The van der Waals surface area contributed by atoms with E-state index in [1.807, 2.05) is 11.4 Å². The largest absolute Gasteiger partial charge is 0.345 e. The molecule has 0 radical (unpaired) electrons. The van der Waals surface area contributed by atoms with Crippen molar-refractivity contribution in [2.24, 2.45) is 11.3 Å². The van der Waals surface area contributed by atoms with Gasteiger partial charge in [-0.2, -0.15) is 0 Å². The molecule has 4 nitrogen and oxygen atoms in total. The highest BCUT2D eigenvalue weighted by Crippen LogP contribution is 2.44. The van der Waals surface area contributed by atoms with Gasteiger partial charge in [-0.15, -0.1) is 22.7 Å². The number of rotatable bonds is 3. The fraction of sp³-hybridized carbons (Fsp3) is 0.500. The molecule has 0 saturated heterocycles. The first kappa shape index (κ1) is 19.1. The standard InChI is InChI=1S/C20H26N2O2S2/c1-20(2,3)12-8-9-13-15(11-12)26-18(16(13)19(24)22(4)5)21-17(23)14-7-6-10-25-14/h6-7,10,12H,8-9,11H2,1-5H3,(H,21,23)/t12-/m1/s1. The van der Waals surface area contributed by atoms with Gasteiger partial charge in [0.05, 0.1) is 10.4 Å². The van der Waals surface area contributed by atoms with Gasteiger partial charge in [0.15, 0.2) is 0 Å². The summed E-state index contributed by atoms with van der Waals surface area (Å²) >= 11 is 2.99. The Morgan fingerprint density at radius 3 is 2.58 bits per heavy atom. The van der Waals surface area contributed by atoms with E-state index in [9.17, 15) is 9.59 Å². The van der Waals surface area contributed by atoms with E-state index >= 15 is 0 Å². The van der Waals surface area contributed by atoms with Crippen molar-refractivity contribution >= 4 is 39.5 Å². The summed E-state index contributed by atoms with van der Waals surface area (Å²) in [7, 11) is 3.52. The molecule has 0 aliphatic heterocycles. The molecule has 0 unspecified atom stereocenters. The third-order valence-corrected chi connectivity index (χ3v) is 7.12. The summed E-state index contributed by atoms with van der Waals surface area (Å²) < 4.78 is 0. The molecule has 2 aromatic heterocycles. The second-order valence-corrected chi connectivity index (χ2v) is 10.2. The van der Waals surface area contributed by atoms with Gasteiger partial charge >= 0.3 is 0 Å². The van der Waals surface area contributed by atoms with Crippen molar-refractivity contribution in [2.75, 3.05) is 19.4 Å². The van der Waals surface area contributed by atoms with Crippen LogP contribution >= 0.6 is 22.7 Å². The first-order valence-corrected chi connectivity index (χ1v) is 10.6. The van der Waals surface area contributed by atoms with Crippen LogP contribution in [-0.2, 0) is 12.8 Å². The summed E-state index contributed by atoms with van der Waals surface area (Å²) in [4.78, 5) is 28.9. The molecule has 6 heteroatoms. The molecule has 0 spiro atoms. The number of nitrogens with one attached hydrogen (secondary N) is 1. The summed E-state index contributed by atoms with van der Waals surface area (Å²) in [6, 6.07) is 3.66. The van der Waals surface area contributed by atoms with E-state index < -0.39 is 0 Å². The molecule has 26 heavy (non-hydrogen) atoms. The van der Waals surface area contributed by atoms with Crippen LogP contribution in [0.3, 0.4) is 0 Å². The number of amides is 2. The first-order chi connectivity index (χ1) is 12.2. The van der Waals surface area contributed by atoms with Gasteiger partial charge in [-0.25, -0.2) is 0 Å². The lowest BCUT2D eigenvalue weighted by Crippen LogP contribution is -2.28. The number of carbonyl (C=O) groups excluding carboxylic acids is 2. The van der Waals surface area contributed by atoms with Crippen LogP contribution in [0.4, 0.5) is 5.00 Å². The quantitative estimate of drug-likeness (QED) is 0.809. The maximum Gasteiger partial charge on any atom is 0.266 e. The van der Waals surface area contributed by atoms with Crippen LogP contribution in [0.5, 0.6) is 0 Å². The second-order valence-electron chi connectivity index (χ2n) is 8.14. The van der Waals surface area contributed by atoms with E-state index in [0.717, 1.165) is 24.8 Å². The predicted molar refractivity (Wildman–Crippen MR) is 110 cm³/mol. The molecule has 140 valence electrons. The van der Waals surface area contributed by atoms with Gasteiger partial charge in [0.25, 0.3) is 11.8 Å². The highest BCUT2D eigenvalue weighted by atomic mass is 32.1. The first-order valence-electron chi connectivity index (χ1n) is 8.89. The lowest BCUT2D eigenvalue weighted by molar-refractivity contribution is 0.0827. The number of nitrogens with zero attached hydrogens (tertiary/aromatic N) is 1. The average Bonchev–Trinajstić information content (AvgIpc) is 3.20. The molecule has 1 aliphatic carbocycles. The van der Waals surface area contributed by atoms with Crippen LogP contribution in [0.1, 0.15) is 57.7 Å². The zero-order valence-electron chi connectivity index (χ0n) is 16.0. The Morgan fingerprint density at radius 2 is 2.00 bits per heavy atom. The van der Waals surface area contributed by atoms with E-state index in [0.29, 0.717) is 21.4 Å². The fourth-order valence-electron chi connectivity index (χ4n) is 3.44. The highest BCUT2D eigenvalue weighted by Gasteiger charge is 2.34. The van der Waals surface area contributed by atoms with Crippen molar-refractivity contribution in [3.8, 4) is 0 Å². The summed E-state index contributed by atoms with van der Waals surface area (Å²) in [5.41, 5.74) is 2.07. The summed E-state index contributed by atoms with van der Waals surface area (Å²) in [6.07, 6.45) is 2.96. The molecule has 1 atom stereocenters. The molecule has 0 aromatic carbocycles. The second kappa shape index (κ2) is 7.16. The van der Waals surface area contributed by atoms with Gasteiger partial charge in [-0.1, -0.05) is 26.8 Å². The molecule has 2 heterocycles. The molecule has 0 saturated carbocycles. The molecular weight excluding hydrogens is 364 g/mol. The van der Waals surface area contributed by atoms with E-state index in [1.165, 1.54) is 16.2 Å². The number of thiophene rings is 2. The third-order valence-electron chi connectivity index (χ3n) is 5.08. The lowest BCUT2D eigenvalue weighted by atomic mass is 9.72. The lowest BCUT2D eigenvalue weighted by Gasteiger charge is -2.34. The summed E-state index contributed by atoms with van der Waals surface area (Å²) in [6.45, 7) is 6.84. The minimum Gasteiger partial charge on any atom is -0.345 e. The van der Waals surface area contributed by atoms with Crippen molar-refractivity contribution in [1.82, 2.24) is 4.90 Å². The monoisotopic (exact) mass is 390 g/mol. The van der Waals surface area contributed by atoms with Crippen LogP contribution in [0.2, 0.25) is 0 Å². The minimum absolute atomic E-state index is 0.0295. The Morgan fingerprint density at radius 1 is 1.27 bits per heavy atom. The maximum atomic E-state index is 12.8. The average molecular weight is 391 g/mol.